The second-order valence-corrected chi connectivity index (χ2v) is 7.62. The largest absolute Gasteiger partial charge is 0.497 e. The van der Waals surface area contributed by atoms with Crippen molar-refractivity contribution >= 4 is 29.2 Å². The molecular formula is C21H24ClN3O4. The molecule has 29 heavy (non-hydrogen) atoms. The zero-order chi connectivity index (χ0) is 21.2. The Bertz CT molecular complexity index is 915. The Morgan fingerprint density at radius 2 is 1.97 bits per heavy atom. The number of nitrogens with two attached hydrogens (primary N) is 1. The van der Waals surface area contributed by atoms with Gasteiger partial charge in [0.05, 0.1) is 23.7 Å². The first-order valence-corrected chi connectivity index (χ1v) is 9.65. The number of nitrogens with one attached hydrogen (secondary N) is 1. The number of rotatable bonds is 5. The van der Waals surface area contributed by atoms with E-state index in [-0.39, 0.29) is 16.6 Å². The number of hydrogen-bond donors (Lipinski definition) is 3. The number of hydrogen-bond acceptors (Lipinski definition) is 4. The van der Waals surface area contributed by atoms with Gasteiger partial charge >= 0.3 is 6.03 Å². The average Bonchev–Trinajstić information content (AvgIpc) is 3.19. The molecule has 0 aliphatic carbocycles. The first kappa shape index (κ1) is 21.0. The Balaban J connectivity index is 1.78. The SMILES string of the molecule is COc1ccc([C@](C)(O)[C@H]2CCCN2C(=O)Nc2ccc(C(N)=O)c(Cl)c2)cc1. The lowest BCUT2D eigenvalue weighted by Crippen LogP contribution is -2.49. The van der Waals surface area contributed by atoms with E-state index in [1.807, 2.05) is 0 Å². The summed E-state index contributed by atoms with van der Waals surface area (Å²) in [6, 6.07) is 10.9. The van der Waals surface area contributed by atoms with Crippen molar-refractivity contribution in [2.75, 3.05) is 19.0 Å². The van der Waals surface area contributed by atoms with E-state index in [9.17, 15) is 14.7 Å². The number of halogens is 1. The maximum absolute atomic E-state index is 12.9. The smallest absolute Gasteiger partial charge is 0.322 e. The Labute approximate surface area is 174 Å². The van der Waals surface area contributed by atoms with Gasteiger partial charge in [-0.3, -0.25) is 4.79 Å². The molecule has 7 nitrogen and oxygen atoms in total. The normalized spacial score (nSPS) is 18.2. The Hall–Kier alpha value is -2.77. The second kappa shape index (κ2) is 8.31. The summed E-state index contributed by atoms with van der Waals surface area (Å²) < 4.78 is 5.17. The van der Waals surface area contributed by atoms with Gasteiger partial charge in [0.25, 0.3) is 0 Å². The fourth-order valence-corrected chi connectivity index (χ4v) is 3.98. The summed E-state index contributed by atoms with van der Waals surface area (Å²) in [6.45, 7) is 2.24. The van der Waals surface area contributed by atoms with Gasteiger partial charge in [0.2, 0.25) is 5.91 Å². The van der Waals surface area contributed by atoms with E-state index in [0.29, 0.717) is 30.0 Å². The van der Waals surface area contributed by atoms with Gasteiger partial charge in [-0.05, 0) is 55.7 Å². The van der Waals surface area contributed by atoms with E-state index in [4.69, 9.17) is 22.1 Å². The van der Waals surface area contributed by atoms with Crippen LogP contribution in [0.3, 0.4) is 0 Å². The number of amides is 3. The number of carbonyl (C=O) groups is 2. The first-order valence-electron chi connectivity index (χ1n) is 9.28. The highest BCUT2D eigenvalue weighted by atomic mass is 35.5. The van der Waals surface area contributed by atoms with Crippen LogP contribution in [-0.4, -0.2) is 41.6 Å². The third-order valence-electron chi connectivity index (χ3n) is 5.32. The van der Waals surface area contributed by atoms with E-state index >= 15 is 0 Å². The highest BCUT2D eigenvalue weighted by Crippen LogP contribution is 2.35. The van der Waals surface area contributed by atoms with Crippen molar-refractivity contribution in [3.05, 3.63) is 58.6 Å². The van der Waals surface area contributed by atoms with Crippen molar-refractivity contribution < 1.29 is 19.4 Å². The van der Waals surface area contributed by atoms with Crippen LogP contribution in [0.1, 0.15) is 35.7 Å². The summed E-state index contributed by atoms with van der Waals surface area (Å²) in [5.74, 6) is 0.0601. The summed E-state index contributed by atoms with van der Waals surface area (Å²) in [5, 5.41) is 14.2. The third-order valence-corrected chi connectivity index (χ3v) is 5.64. The average molecular weight is 418 g/mol. The van der Waals surface area contributed by atoms with Crippen molar-refractivity contribution in [3.63, 3.8) is 0 Å². The number of urea groups is 1. The molecule has 2 atom stereocenters. The minimum absolute atomic E-state index is 0.165. The lowest BCUT2D eigenvalue weighted by Gasteiger charge is -2.37. The molecule has 1 fully saturated rings. The zero-order valence-electron chi connectivity index (χ0n) is 16.3. The molecule has 1 aliphatic rings. The van der Waals surface area contributed by atoms with E-state index < -0.39 is 17.6 Å². The number of nitrogens with zero attached hydrogens (tertiary/aromatic N) is 1. The van der Waals surface area contributed by atoms with Crippen LogP contribution in [0.4, 0.5) is 10.5 Å². The van der Waals surface area contributed by atoms with Crippen LogP contribution in [0.25, 0.3) is 0 Å². The van der Waals surface area contributed by atoms with Crippen molar-refractivity contribution in [2.45, 2.75) is 31.4 Å². The van der Waals surface area contributed by atoms with Gasteiger partial charge in [-0.25, -0.2) is 4.79 Å². The number of anilines is 1. The predicted octanol–water partition coefficient (Wildman–Crippen LogP) is 3.35. The van der Waals surface area contributed by atoms with Crippen LogP contribution in [0.5, 0.6) is 5.75 Å². The number of aliphatic hydroxyl groups is 1. The van der Waals surface area contributed by atoms with Crippen molar-refractivity contribution in [1.82, 2.24) is 4.90 Å². The maximum Gasteiger partial charge on any atom is 0.322 e. The second-order valence-electron chi connectivity index (χ2n) is 7.22. The molecule has 8 heteroatoms. The van der Waals surface area contributed by atoms with Gasteiger partial charge in [0.1, 0.15) is 11.4 Å². The molecule has 0 unspecified atom stereocenters. The van der Waals surface area contributed by atoms with E-state index in [1.165, 1.54) is 12.1 Å². The topological polar surface area (TPSA) is 105 Å². The quantitative estimate of drug-likeness (QED) is 0.693. The molecule has 1 heterocycles. The Kier molecular flexibility index (Phi) is 6.00. The van der Waals surface area contributed by atoms with Crippen LogP contribution in [0.15, 0.2) is 42.5 Å². The Morgan fingerprint density at radius 1 is 1.28 bits per heavy atom. The predicted molar refractivity (Wildman–Crippen MR) is 111 cm³/mol. The molecule has 0 radical (unpaired) electrons. The number of benzene rings is 2. The van der Waals surface area contributed by atoms with Gasteiger partial charge in [-0.1, -0.05) is 23.7 Å². The van der Waals surface area contributed by atoms with Crippen molar-refractivity contribution in [3.8, 4) is 5.75 Å². The highest BCUT2D eigenvalue weighted by Gasteiger charge is 2.42. The minimum Gasteiger partial charge on any atom is -0.497 e. The fourth-order valence-electron chi connectivity index (χ4n) is 3.70. The molecule has 3 amide bonds. The lowest BCUT2D eigenvalue weighted by molar-refractivity contribution is -0.00944. The van der Waals surface area contributed by atoms with Crippen molar-refractivity contribution in [2.24, 2.45) is 5.73 Å². The van der Waals surface area contributed by atoms with E-state index in [2.05, 4.69) is 5.32 Å². The number of ether oxygens (including phenoxy) is 1. The summed E-state index contributed by atoms with van der Waals surface area (Å²) >= 11 is 6.06. The Morgan fingerprint density at radius 3 is 2.55 bits per heavy atom. The van der Waals surface area contributed by atoms with Crippen LogP contribution in [0, 0.1) is 0 Å². The minimum atomic E-state index is -1.23. The first-order chi connectivity index (χ1) is 13.7. The molecule has 0 bridgehead atoms. The molecule has 1 aliphatic heterocycles. The van der Waals surface area contributed by atoms with Crippen molar-refractivity contribution in [1.29, 1.82) is 0 Å². The molecule has 2 aromatic carbocycles. The van der Waals surface area contributed by atoms with Crippen LogP contribution in [0.2, 0.25) is 5.02 Å². The molecule has 154 valence electrons. The maximum atomic E-state index is 12.9. The van der Waals surface area contributed by atoms with Crippen LogP contribution < -0.4 is 15.8 Å². The zero-order valence-corrected chi connectivity index (χ0v) is 17.1. The van der Waals surface area contributed by atoms with Crippen LogP contribution in [-0.2, 0) is 5.60 Å². The van der Waals surface area contributed by atoms with Gasteiger partial charge in [-0.2, -0.15) is 0 Å². The van der Waals surface area contributed by atoms with Crippen LogP contribution >= 0.6 is 11.6 Å². The molecular weight excluding hydrogens is 394 g/mol. The number of methoxy groups -OCH3 is 1. The fraction of sp³-hybridized carbons (Fsp3) is 0.333. The number of primary amides is 1. The molecule has 4 N–H and O–H groups in total. The number of carbonyl (C=O) groups excluding carboxylic acids is 2. The highest BCUT2D eigenvalue weighted by molar-refractivity contribution is 6.34. The molecule has 0 saturated carbocycles. The summed E-state index contributed by atoms with van der Waals surface area (Å²) in [5.41, 5.74) is 5.36. The molecule has 0 aromatic heterocycles. The molecule has 0 spiro atoms. The molecule has 2 aromatic rings. The lowest BCUT2D eigenvalue weighted by atomic mass is 9.86. The molecule has 1 saturated heterocycles. The summed E-state index contributed by atoms with van der Waals surface area (Å²) in [7, 11) is 1.58. The van der Waals surface area contributed by atoms with E-state index in [0.717, 1.165) is 6.42 Å². The van der Waals surface area contributed by atoms with Gasteiger partial charge < -0.3 is 25.8 Å². The summed E-state index contributed by atoms with van der Waals surface area (Å²) in [6.07, 6.45) is 1.46. The molecule has 3 rings (SSSR count). The van der Waals surface area contributed by atoms with Gasteiger partial charge in [-0.15, -0.1) is 0 Å². The monoisotopic (exact) mass is 417 g/mol. The third kappa shape index (κ3) is 4.31. The number of likely N-dealkylation sites (tertiary alicyclic amines) is 1. The van der Waals surface area contributed by atoms with E-state index in [1.54, 1.807) is 49.3 Å². The standard InChI is InChI=1S/C21H24ClN3O4/c1-21(28,13-5-8-15(29-2)9-6-13)18-4-3-11-25(18)20(27)24-14-7-10-16(19(23)26)17(22)12-14/h5-10,12,18,28H,3-4,11H2,1-2H3,(H2,23,26)(H,24,27)/t18-,21+/m1/s1. The van der Waals surface area contributed by atoms with Gasteiger partial charge in [0.15, 0.2) is 0 Å². The summed E-state index contributed by atoms with van der Waals surface area (Å²) in [4.78, 5) is 25.8. The van der Waals surface area contributed by atoms with Gasteiger partial charge in [0, 0.05) is 12.2 Å².